The van der Waals surface area contributed by atoms with Gasteiger partial charge >= 0.3 is 6.03 Å². The Kier molecular flexibility index (Phi) is 4.29. The molecule has 5 nitrogen and oxygen atoms in total. The van der Waals surface area contributed by atoms with Crippen LogP contribution in [-0.4, -0.2) is 42.1 Å². The molecular formula is C16H20N4OS. The number of benzene rings is 1. The summed E-state index contributed by atoms with van der Waals surface area (Å²) in [6, 6.07) is 7.84. The van der Waals surface area contributed by atoms with E-state index in [-0.39, 0.29) is 6.03 Å². The molecule has 1 aliphatic heterocycles. The van der Waals surface area contributed by atoms with Crippen molar-refractivity contribution in [2.45, 2.75) is 13.8 Å². The highest BCUT2D eigenvalue weighted by molar-refractivity contribution is 7.15. The number of aromatic nitrogens is 1. The highest BCUT2D eigenvalue weighted by atomic mass is 32.1. The molecule has 116 valence electrons. The largest absolute Gasteiger partial charge is 0.345 e. The number of nitrogens with zero attached hydrogens (tertiary/aromatic N) is 3. The Bertz CT molecular complexity index is 662. The van der Waals surface area contributed by atoms with E-state index in [1.807, 2.05) is 42.3 Å². The molecule has 0 spiro atoms. The smallest absolute Gasteiger partial charge is 0.321 e. The van der Waals surface area contributed by atoms with Crippen molar-refractivity contribution in [1.29, 1.82) is 0 Å². The normalized spacial score (nSPS) is 15.0. The Morgan fingerprint density at radius 1 is 1.23 bits per heavy atom. The van der Waals surface area contributed by atoms with Gasteiger partial charge in [-0.25, -0.2) is 9.78 Å². The molecule has 2 amide bonds. The summed E-state index contributed by atoms with van der Waals surface area (Å²) >= 11 is 1.70. The Balaban J connectivity index is 1.55. The number of nitrogens with one attached hydrogen (secondary N) is 1. The third-order valence-electron chi connectivity index (χ3n) is 3.72. The van der Waals surface area contributed by atoms with Crippen molar-refractivity contribution in [3.8, 4) is 0 Å². The molecule has 1 fully saturated rings. The average molecular weight is 316 g/mol. The molecule has 22 heavy (non-hydrogen) atoms. The highest BCUT2D eigenvalue weighted by Gasteiger charge is 2.22. The Hall–Kier alpha value is -2.08. The molecule has 2 aromatic rings. The Labute approximate surface area is 134 Å². The predicted octanol–water partition coefficient (Wildman–Crippen LogP) is 3.11. The van der Waals surface area contributed by atoms with E-state index >= 15 is 0 Å². The van der Waals surface area contributed by atoms with Gasteiger partial charge in [0.15, 0.2) is 5.13 Å². The molecule has 0 radical (unpaired) electrons. The number of amides is 2. The summed E-state index contributed by atoms with van der Waals surface area (Å²) in [5.74, 6) is 0. The molecule has 1 saturated heterocycles. The Morgan fingerprint density at radius 2 is 2.00 bits per heavy atom. The molecule has 1 N–H and O–H groups in total. The van der Waals surface area contributed by atoms with Crippen LogP contribution in [0.25, 0.3) is 0 Å². The molecule has 2 heterocycles. The summed E-state index contributed by atoms with van der Waals surface area (Å²) in [6.07, 6.45) is 1.90. The number of aryl methyl sites for hydroxylation is 2. The van der Waals surface area contributed by atoms with Gasteiger partial charge in [-0.2, -0.15) is 0 Å². The van der Waals surface area contributed by atoms with E-state index in [2.05, 4.69) is 22.1 Å². The molecule has 0 unspecified atom stereocenters. The number of thiazole rings is 1. The summed E-state index contributed by atoms with van der Waals surface area (Å²) < 4.78 is 0. The minimum Gasteiger partial charge on any atom is -0.345 e. The van der Waals surface area contributed by atoms with E-state index in [9.17, 15) is 4.79 Å². The van der Waals surface area contributed by atoms with E-state index in [0.717, 1.165) is 42.6 Å². The number of hydrogen-bond donors (Lipinski definition) is 1. The van der Waals surface area contributed by atoms with Crippen LogP contribution in [0.4, 0.5) is 15.6 Å². The molecule has 0 aliphatic carbocycles. The first kappa shape index (κ1) is 14.8. The first-order valence-corrected chi connectivity index (χ1v) is 8.23. The second kappa shape index (κ2) is 6.36. The van der Waals surface area contributed by atoms with Crippen LogP contribution in [0, 0.1) is 13.8 Å². The zero-order chi connectivity index (χ0) is 15.5. The molecule has 0 atom stereocenters. The number of carbonyl (C=O) groups is 1. The predicted molar refractivity (Wildman–Crippen MR) is 90.8 cm³/mol. The van der Waals surface area contributed by atoms with Crippen molar-refractivity contribution in [2.24, 2.45) is 0 Å². The molecule has 1 aliphatic rings. The summed E-state index contributed by atoms with van der Waals surface area (Å²) in [4.78, 5) is 22.0. The fourth-order valence-corrected chi connectivity index (χ4v) is 3.33. The van der Waals surface area contributed by atoms with Gasteiger partial charge in [-0.3, -0.25) is 0 Å². The molecule has 0 saturated carbocycles. The van der Waals surface area contributed by atoms with Crippen LogP contribution in [0.3, 0.4) is 0 Å². The van der Waals surface area contributed by atoms with Crippen LogP contribution >= 0.6 is 11.3 Å². The minimum atomic E-state index is -0.0273. The van der Waals surface area contributed by atoms with E-state index < -0.39 is 0 Å². The third kappa shape index (κ3) is 3.39. The standard InChI is InChI=1S/C16H20N4OS/c1-12-4-3-5-14(10-12)18-15(21)19-6-8-20(9-7-19)16-17-11-13(2)22-16/h3-5,10-11H,6-9H2,1-2H3,(H,18,21). The Morgan fingerprint density at radius 3 is 2.64 bits per heavy atom. The molecule has 0 bridgehead atoms. The quantitative estimate of drug-likeness (QED) is 0.926. The van der Waals surface area contributed by atoms with Gasteiger partial charge in [0.05, 0.1) is 0 Å². The van der Waals surface area contributed by atoms with E-state index in [4.69, 9.17) is 0 Å². The van der Waals surface area contributed by atoms with E-state index in [1.54, 1.807) is 11.3 Å². The lowest BCUT2D eigenvalue weighted by molar-refractivity contribution is 0.208. The number of piperazine rings is 1. The van der Waals surface area contributed by atoms with Gasteiger partial charge in [0.25, 0.3) is 0 Å². The van der Waals surface area contributed by atoms with Crippen molar-refractivity contribution >= 4 is 28.2 Å². The number of hydrogen-bond acceptors (Lipinski definition) is 4. The summed E-state index contributed by atoms with van der Waals surface area (Å²) in [5.41, 5.74) is 1.99. The van der Waals surface area contributed by atoms with Crippen LogP contribution < -0.4 is 10.2 Å². The number of rotatable bonds is 2. The third-order valence-corrected chi connectivity index (χ3v) is 4.69. The molecule has 1 aromatic heterocycles. The van der Waals surface area contributed by atoms with E-state index in [0.29, 0.717) is 0 Å². The van der Waals surface area contributed by atoms with Crippen molar-refractivity contribution in [1.82, 2.24) is 9.88 Å². The lowest BCUT2D eigenvalue weighted by Crippen LogP contribution is -2.50. The lowest BCUT2D eigenvalue weighted by atomic mass is 10.2. The van der Waals surface area contributed by atoms with Crippen molar-refractivity contribution in [3.05, 3.63) is 40.9 Å². The highest BCUT2D eigenvalue weighted by Crippen LogP contribution is 2.23. The molecule has 6 heteroatoms. The van der Waals surface area contributed by atoms with Crippen molar-refractivity contribution in [2.75, 3.05) is 36.4 Å². The number of urea groups is 1. The average Bonchev–Trinajstić information content (AvgIpc) is 2.94. The second-order valence-electron chi connectivity index (χ2n) is 5.53. The minimum absolute atomic E-state index is 0.0273. The van der Waals surface area contributed by atoms with Crippen LogP contribution in [0.2, 0.25) is 0 Å². The fraction of sp³-hybridized carbons (Fsp3) is 0.375. The van der Waals surface area contributed by atoms with Crippen molar-refractivity contribution < 1.29 is 4.79 Å². The number of carbonyl (C=O) groups excluding carboxylic acids is 1. The molecule has 3 rings (SSSR count). The maximum atomic E-state index is 12.3. The molecular weight excluding hydrogens is 296 g/mol. The number of anilines is 2. The van der Waals surface area contributed by atoms with Crippen LogP contribution in [-0.2, 0) is 0 Å². The second-order valence-corrected chi connectivity index (χ2v) is 6.74. The van der Waals surface area contributed by atoms with Crippen LogP contribution in [0.1, 0.15) is 10.4 Å². The zero-order valence-electron chi connectivity index (χ0n) is 12.9. The lowest BCUT2D eigenvalue weighted by Gasteiger charge is -2.34. The van der Waals surface area contributed by atoms with Crippen LogP contribution in [0.5, 0.6) is 0 Å². The maximum Gasteiger partial charge on any atom is 0.321 e. The van der Waals surface area contributed by atoms with E-state index in [1.165, 1.54) is 4.88 Å². The molecule has 1 aromatic carbocycles. The maximum absolute atomic E-state index is 12.3. The first-order valence-electron chi connectivity index (χ1n) is 7.42. The summed E-state index contributed by atoms with van der Waals surface area (Å²) in [6.45, 7) is 7.17. The monoisotopic (exact) mass is 316 g/mol. The summed E-state index contributed by atoms with van der Waals surface area (Å²) in [7, 11) is 0. The van der Waals surface area contributed by atoms with Gasteiger partial charge < -0.3 is 15.1 Å². The SMILES string of the molecule is Cc1cccc(NC(=O)N2CCN(c3ncc(C)s3)CC2)c1. The first-order chi connectivity index (χ1) is 10.6. The van der Waals surface area contributed by atoms with Gasteiger partial charge in [0.1, 0.15) is 0 Å². The van der Waals surface area contributed by atoms with Gasteiger partial charge in [-0.1, -0.05) is 12.1 Å². The van der Waals surface area contributed by atoms with Crippen molar-refractivity contribution in [3.63, 3.8) is 0 Å². The summed E-state index contributed by atoms with van der Waals surface area (Å²) in [5, 5.41) is 4.02. The van der Waals surface area contributed by atoms with Gasteiger partial charge in [0, 0.05) is 42.9 Å². The fourth-order valence-electron chi connectivity index (χ4n) is 2.52. The van der Waals surface area contributed by atoms with Gasteiger partial charge in [-0.05, 0) is 31.5 Å². The van der Waals surface area contributed by atoms with Gasteiger partial charge in [0.2, 0.25) is 0 Å². The topological polar surface area (TPSA) is 48.5 Å². The van der Waals surface area contributed by atoms with Gasteiger partial charge in [-0.15, -0.1) is 11.3 Å². The zero-order valence-corrected chi connectivity index (χ0v) is 13.7. The van der Waals surface area contributed by atoms with Crippen LogP contribution in [0.15, 0.2) is 30.5 Å².